The minimum atomic E-state index is -3.91. The molecule has 8 heteroatoms. The summed E-state index contributed by atoms with van der Waals surface area (Å²) in [5.74, 6) is -0.617. The average molecular weight is 336 g/mol. The van der Waals surface area contributed by atoms with Crippen LogP contribution in [0, 0.1) is 11.3 Å². The van der Waals surface area contributed by atoms with Crippen LogP contribution >= 0.6 is 11.6 Å². The van der Waals surface area contributed by atoms with Gasteiger partial charge in [0.1, 0.15) is 0 Å². The number of hydrogen-bond donors (Lipinski definition) is 2. The Hall–Kier alpha value is -2.40. The number of amides is 1. The van der Waals surface area contributed by atoms with Crippen LogP contribution < -0.4 is 10.3 Å². The van der Waals surface area contributed by atoms with E-state index in [1.165, 1.54) is 48.5 Å². The molecule has 0 aliphatic carbocycles. The monoisotopic (exact) mass is 335 g/mol. The Bertz CT molecular complexity index is 825. The summed E-state index contributed by atoms with van der Waals surface area (Å²) in [6.45, 7) is 0. The first-order chi connectivity index (χ1) is 10.4. The Morgan fingerprint density at radius 3 is 2.18 bits per heavy atom. The molecule has 0 saturated heterocycles. The number of hydrazine groups is 1. The Kier molecular flexibility index (Phi) is 4.78. The Morgan fingerprint density at radius 1 is 1.05 bits per heavy atom. The fourth-order valence-corrected chi connectivity index (χ4v) is 2.52. The van der Waals surface area contributed by atoms with Crippen molar-refractivity contribution in [1.29, 1.82) is 5.26 Å². The van der Waals surface area contributed by atoms with Gasteiger partial charge in [-0.2, -0.15) is 5.26 Å². The third kappa shape index (κ3) is 3.83. The molecule has 2 aromatic carbocycles. The van der Waals surface area contributed by atoms with Gasteiger partial charge in [0.25, 0.3) is 15.9 Å². The number of rotatable bonds is 4. The summed E-state index contributed by atoms with van der Waals surface area (Å²) in [5.41, 5.74) is 2.69. The van der Waals surface area contributed by atoms with Crippen LogP contribution in [0.4, 0.5) is 0 Å². The molecule has 0 aromatic heterocycles. The molecule has 6 nitrogen and oxygen atoms in total. The van der Waals surface area contributed by atoms with Crippen LogP contribution in [0.1, 0.15) is 15.9 Å². The zero-order chi connectivity index (χ0) is 16.2. The van der Waals surface area contributed by atoms with Crippen LogP contribution in [0.5, 0.6) is 0 Å². The number of carbonyl (C=O) groups excluding carboxylic acids is 1. The SMILES string of the molecule is N#Cc1ccc(S(=O)(=O)NNC(=O)c2ccc(Cl)cc2)cc1. The maximum absolute atomic E-state index is 12.0. The van der Waals surface area contributed by atoms with E-state index in [0.717, 1.165) is 0 Å². The van der Waals surface area contributed by atoms with E-state index in [2.05, 4.69) is 5.43 Å². The second-order valence-corrected chi connectivity index (χ2v) is 6.32. The molecular weight excluding hydrogens is 326 g/mol. The summed E-state index contributed by atoms with van der Waals surface area (Å²) < 4.78 is 24.0. The van der Waals surface area contributed by atoms with E-state index in [-0.39, 0.29) is 10.5 Å². The largest absolute Gasteiger partial charge is 0.273 e. The predicted octanol–water partition coefficient (Wildman–Crippen LogP) is 1.83. The van der Waals surface area contributed by atoms with E-state index < -0.39 is 15.9 Å². The quantitative estimate of drug-likeness (QED) is 0.833. The van der Waals surface area contributed by atoms with Crippen molar-refractivity contribution in [2.45, 2.75) is 4.90 Å². The zero-order valence-electron chi connectivity index (χ0n) is 11.1. The summed E-state index contributed by atoms with van der Waals surface area (Å²) in [5, 5.41) is 9.14. The first-order valence-corrected chi connectivity index (χ1v) is 7.86. The highest BCUT2D eigenvalue weighted by molar-refractivity contribution is 7.89. The smallest absolute Gasteiger partial charge is 0.266 e. The van der Waals surface area contributed by atoms with Crippen molar-refractivity contribution >= 4 is 27.5 Å². The minimum absolute atomic E-state index is 0.0668. The maximum Gasteiger partial charge on any atom is 0.266 e. The lowest BCUT2D eigenvalue weighted by Crippen LogP contribution is -2.41. The van der Waals surface area contributed by atoms with Gasteiger partial charge in [-0.15, -0.1) is 4.83 Å². The number of nitrogens with zero attached hydrogens (tertiary/aromatic N) is 1. The van der Waals surface area contributed by atoms with Crippen molar-refractivity contribution in [3.05, 3.63) is 64.7 Å². The number of nitriles is 1. The third-order valence-corrected chi connectivity index (χ3v) is 4.21. The summed E-state index contributed by atoms with van der Waals surface area (Å²) in [6.07, 6.45) is 0. The third-order valence-electron chi connectivity index (χ3n) is 2.70. The fraction of sp³-hybridized carbons (Fsp3) is 0. The van der Waals surface area contributed by atoms with E-state index >= 15 is 0 Å². The molecule has 22 heavy (non-hydrogen) atoms. The van der Waals surface area contributed by atoms with Gasteiger partial charge in [0.15, 0.2) is 0 Å². The molecule has 0 bridgehead atoms. The molecule has 0 aliphatic heterocycles. The van der Waals surface area contributed by atoms with Crippen LogP contribution in [-0.4, -0.2) is 14.3 Å². The zero-order valence-corrected chi connectivity index (χ0v) is 12.6. The lowest BCUT2D eigenvalue weighted by atomic mass is 10.2. The molecule has 2 aromatic rings. The average Bonchev–Trinajstić information content (AvgIpc) is 2.53. The van der Waals surface area contributed by atoms with Crippen LogP contribution in [0.3, 0.4) is 0 Å². The van der Waals surface area contributed by atoms with Gasteiger partial charge in [-0.25, -0.2) is 8.42 Å². The summed E-state index contributed by atoms with van der Waals surface area (Å²) >= 11 is 5.70. The summed E-state index contributed by atoms with van der Waals surface area (Å²) in [7, 11) is -3.91. The molecule has 0 heterocycles. The molecule has 0 spiro atoms. The highest BCUT2D eigenvalue weighted by Crippen LogP contribution is 2.11. The van der Waals surface area contributed by atoms with E-state index in [1.807, 2.05) is 10.9 Å². The van der Waals surface area contributed by atoms with Crippen LogP contribution in [0.2, 0.25) is 5.02 Å². The van der Waals surface area contributed by atoms with Crippen LogP contribution in [0.15, 0.2) is 53.4 Å². The van der Waals surface area contributed by atoms with E-state index in [0.29, 0.717) is 10.6 Å². The number of benzene rings is 2. The van der Waals surface area contributed by atoms with Crippen molar-refractivity contribution in [2.24, 2.45) is 0 Å². The molecule has 0 atom stereocenters. The highest BCUT2D eigenvalue weighted by atomic mass is 35.5. The molecule has 0 unspecified atom stereocenters. The van der Waals surface area contributed by atoms with E-state index in [9.17, 15) is 13.2 Å². The molecule has 112 valence electrons. The van der Waals surface area contributed by atoms with Gasteiger partial charge in [-0.05, 0) is 48.5 Å². The fourth-order valence-electron chi connectivity index (χ4n) is 1.55. The number of nitrogens with one attached hydrogen (secondary N) is 2. The summed E-state index contributed by atoms with van der Waals surface area (Å²) in [6, 6.07) is 13.1. The van der Waals surface area contributed by atoms with Gasteiger partial charge in [-0.3, -0.25) is 10.2 Å². The second-order valence-electron chi connectivity index (χ2n) is 4.20. The van der Waals surface area contributed by atoms with Crippen molar-refractivity contribution in [3.63, 3.8) is 0 Å². The molecule has 0 aliphatic rings. The maximum atomic E-state index is 12.0. The number of sulfonamides is 1. The molecular formula is C14H10ClN3O3S. The minimum Gasteiger partial charge on any atom is -0.273 e. The van der Waals surface area contributed by atoms with E-state index in [4.69, 9.17) is 16.9 Å². The van der Waals surface area contributed by atoms with Gasteiger partial charge < -0.3 is 0 Å². The first-order valence-electron chi connectivity index (χ1n) is 6.00. The summed E-state index contributed by atoms with van der Waals surface area (Å²) in [4.78, 5) is 13.7. The van der Waals surface area contributed by atoms with Crippen molar-refractivity contribution in [1.82, 2.24) is 10.3 Å². The van der Waals surface area contributed by atoms with Gasteiger partial charge in [0.2, 0.25) is 0 Å². The standard InChI is InChI=1S/C14H10ClN3O3S/c15-12-5-3-11(4-6-12)14(19)17-18-22(20,21)13-7-1-10(9-16)2-8-13/h1-8,18H,(H,17,19). The lowest BCUT2D eigenvalue weighted by Gasteiger charge is -2.08. The Morgan fingerprint density at radius 2 is 1.64 bits per heavy atom. The Labute approximate surface area is 132 Å². The van der Waals surface area contributed by atoms with E-state index in [1.54, 1.807) is 0 Å². The first kappa shape index (κ1) is 16.0. The Balaban J connectivity index is 2.07. The van der Waals surface area contributed by atoms with Crippen molar-refractivity contribution in [3.8, 4) is 6.07 Å². The normalized spacial score (nSPS) is 10.7. The van der Waals surface area contributed by atoms with Crippen LogP contribution in [-0.2, 0) is 10.0 Å². The van der Waals surface area contributed by atoms with Gasteiger partial charge >= 0.3 is 0 Å². The number of hydrogen-bond acceptors (Lipinski definition) is 4. The van der Waals surface area contributed by atoms with Crippen LogP contribution in [0.25, 0.3) is 0 Å². The lowest BCUT2D eigenvalue weighted by molar-refractivity contribution is 0.0945. The topological polar surface area (TPSA) is 99.1 Å². The second kappa shape index (κ2) is 6.58. The van der Waals surface area contributed by atoms with Gasteiger partial charge in [0, 0.05) is 10.6 Å². The van der Waals surface area contributed by atoms with Gasteiger partial charge in [0.05, 0.1) is 16.5 Å². The van der Waals surface area contributed by atoms with Crippen molar-refractivity contribution < 1.29 is 13.2 Å². The molecule has 1 amide bonds. The molecule has 0 radical (unpaired) electrons. The molecule has 0 fully saturated rings. The predicted molar refractivity (Wildman–Crippen MR) is 80.4 cm³/mol. The van der Waals surface area contributed by atoms with Gasteiger partial charge in [-0.1, -0.05) is 11.6 Å². The molecule has 2 rings (SSSR count). The number of carbonyl (C=O) groups is 1. The van der Waals surface area contributed by atoms with Crippen molar-refractivity contribution in [2.75, 3.05) is 0 Å². The molecule has 0 saturated carbocycles. The highest BCUT2D eigenvalue weighted by Gasteiger charge is 2.15. The molecule has 2 N–H and O–H groups in total. The number of halogens is 1.